The Bertz CT molecular complexity index is 739. The molecular weight excluding hydrogens is 286 g/mol. The summed E-state index contributed by atoms with van der Waals surface area (Å²) in [7, 11) is 0. The van der Waals surface area contributed by atoms with Gasteiger partial charge < -0.3 is 10.2 Å². The molecule has 7 heteroatoms. The molecule has 1 heterocycles. The Kier molecular flexibility index (Phi) is 3.82. The molecule has 1 aromatic heterocycles. The van der Waals surface area contributed by atoms with Crippen LogP contribution in [0.4, 0.5) is 0 Å². The van der Waals surface area contributed by atoms with Gasteiger partial charge in [-0.2, -0.15) is 5.10 Å². The van der Waals surface area contributed by atoms with E-state index in [1.807, 2.05) is 0 Å². The Morgan fingerprint density at radius 1 is 1.47 bits per heavy atom. The third-order valence-corrected chi connectivity index (χ3v) is 2.74. The number of thiocarbonyl (C=S) groups is 1. The second kappa shape index (κ2) is 5.38. The summed E-state index contributed by atoms with van der Waals surface area (Å²) in [4.78, 5) is 11.8. The van der Waals surface area contributed by atoms with E-state index >= 15 is 0 Å². The number of rotatable bonds is 2. The van der Waals surface area contributed by atoms with E-state index < -0.39 is 5.63 Å². The second-order valence-electron chi connectivity index (χ2n) is 3.80. The van der Waals surface area contributed by atoms with Crippen molar-refractivity contribution in [1.29, 1.82) is 0 Å². The molecule has 1 aromatic carbocycles. The quantitative estimate of drug-likeness (QED) is 0.383. The standard InChI is InChI=1S/C12H10ClN3O2S/c1-6(15-16-12(14)19)9-5-7-4-8(13)2-3-10(7)18-11(9)17/h2-5H,1H3,(H3,14,16,19)/b15-6+. The first-order chi connectivity index (χ1) is 8.97. The zero-order chi connectivity index (χ0) is 14.0. The van der Waals surface area contributed by atoms with Gasteiger partial charge in [-0.25, -0.2) is 4.79 Å². The van der Waals surface area contributed by atoms with E-state index in [1.165, 1.54) is 0 Å². The first-order valence-corrected chi connectivity index (χ1v) is 6.09. The smallest absolute Gasteiger partial charge is 0.345 e. The number of benzene rings is 1. The van der Waals surface area contributed by atoms with E-state index in [1.54, 1.807) is 31.2 Å². The molecule has 0 aliphatic heterocycles. The highest BCUT2D eigenvalue weighted by atomic mass is 35.5. The summed E-state index contributed by atoms with van der Waals surface area (Å²) in [6, 6.07) is 6.66. The summed E-state index contributed by atoms with van der Waals surface area (Å²) in [6.07, 6.45) is 0. The van der Waals surface area contributed by atoms with E-state index in [0.29, 0.717) is 27.3 Å². The monoisotopic (exact) mass is 295 g/mol. The highest BCUT2D eigenvalue weighted by Gasteiger charge is 2.08. The van der Waals surface area contributed by atoms with Crippen LogP contribution in [0.1, 0.15) is 12.5 Å². The molecular formula is C12H10ClN3O2S. The lowest BCUT2D eigenvalue weighted by Gasteiger charge is -2.03. The summed E-state index contributed by atoms with van der Waals surface area (Å²) in [6.45, 7) is 1.65. The van der Waals surface area contributed by atoms with E-state index in [9.17, 15) is 4.79 Å². The molecule has 0 amide bonds. The van der Waals surface area contributed by atoms with E-state index in [0.717, 1.165) is 0 Å². The number of hydrazone groups is 1. The van der Waals surface area contributed by atoms with Crippen molar-refractivity contribution < 1.29 is 4.42 Å². The van der Waals surface area contributed by atoms with Crippen LogP contribution in [0, 0.1) is 0 Å². The molecule has 0 bridgehead atoms. The summed E-state index contributed by atoms with van der Waals surface area (Å²) in [5.41, 5.74) is 8.40. The van der Waals surface area contributed by atoms with Crippen molar-refractivity contribution in [2.45, 2.75) is 6.92 Å². The average Bonchev–Trinajstić information content (AvgIpc) is 2.35. The van der Waals surface area contributed by atoms with Crippen LogP contribution in [0.5, 0.6) is 0 Å². The Morgan fingerprint density at radius 2 is 2.21 bits per heavy atom. The Hall–Kier alpha value is -1.92. The number of nitrogens with two attached hydrogens (primary N) is 1. The van der Waals surface area contributed by atoms with Gasteiger partial charge in [-0.1, -0.05) is 11.6 Å². The molecule has 2 rings (SSSR count). The molecule has 3 N–H and O–H groups in total. The van der Waals surface area contributed by atoms with Crippen LogP contribution in [-0.2, 0) is 0 Å². The summed E-state index contributed by atoms with van der Waals surface area (Å²) >= 11 is 10.5. The van der Waals surface area contributed by atoms with Crippen LogP contribution < -0.4 is 16.8 Å². The minimum atomic E-state index is -0.485. The molecule has 98 valence electrons. The molecule has 0 atom stereocenters. The number of nitrogens with zero attached hydrogens (tertiary/aromatic N) is 1. The number of hydrogen-bond acceptors (Lipinski definition) is 4. The van der Waals surface area contributed by atoms with Crippen molar-refractivity contribution in [1.82, 2.24) is 5.43 Å². The normalized spacial score (nSPS) is 11.6. The van der Waals surface area contributed by atoms with Gasteiger partial charge in [0, 0.05) is 10.4 Å². The number of nitrogens with one attached hydrogen (secondary N) is 1. The number of halogens is 1. The van der Waals surface area contributed by atoms with Crippen LogP contribution in [-0.4, -0.2) is 10.8 Å². The van der Waals surface area contributed by atoms with Gasteiger partial charge in [0.15, 0.2) is 5.11 Å². The van der Waals surface area contributed by atoms with Gasteiger partial charge in [0.2, 0.25) is 0 Å². The Labute approximate surface area is 119 Å². The maximum absolute atomic E-state index is 11.8. The van der Waals surface area contributed by atoms with E-state index in [-0.39, 0.29) is 5.11 Å². The van der Waals surface area contributed by atoms with E-state index in [4.69, 9.17) is 21.8 Å². The van der Waals surface area contributed by atoms with Crippen LogP contribution >= 0.6 is 23.8 Å². The summed E-state index contributed by atoms with van der Waals surface area (Å²) < 4.78 is 5.19. The fourth-order valence-electron chi connectivity index (χ4n) is 1.55. The van der Waals surface area contributed by atoms with Crippen molar-refractivity contribution >= 4 is 45.6 Å². The van der Waals surface area contributed by atoms with Crippen molar-refractivity contribution in [3.63, 3.8) is 0 Å². The highest BCUT2D eigenvalue weighted by molar-refractivity contribution is 7.80. The zero-order valence-corrected chi connectivity index (χ0v) is 11.5. The molecule has 5 nitrogen and oxygen atoms in total. The summed E-state index contributed by atoms with van der Waals surface area (Å²) in [5.74, 6) is 0. The first kappa shape index (κ1) is 13.5. The topological polar surface area (TPSA) is 80.6 Å². The Balaban J connectivity index is 2.54. The molecule has 0 radical (unpaired) electrons. The third kappa shape index (κ3) is 3.10. The van der Waals surface area contributed by atoms with Gasteiger partial charge in [0.1, 0.15) is 5.58 Å². The van der Waals surface area contributed by atoms with E-state index in [2.05, 4.69) is 22.7 Å². The molecule has 0 aliphatic carbocycles. The molecule has 19 heavy (non-hydrogen) atoms. The van der Waals surface area contributed by atoms with Gasteiger partial charge in [-0.05, 0) is 43.4 Å². The van der Waals surface area contributed by atoms with Crippen LogP contribution in [0.15, 0.2) is 38.6 Å². The maximum atomic E-state index is 11.8. The molecule has 0 unspecified atom stereocenters. The van der Waals surface area contributed by atoms with Gasteiger partial charge in [0.25, 0.3) is 0 Å². The van der Waals surface area contributed by atoms with Gasteiger partial charge >= 0.3 is 5.63 Å². The minimum Gasteiger partial charge on any atom is -0.422 e. The SMILES string of the molecule is C/C(=N\NC(N)=S)c1cc2cc(Cl)ccc2oc1=O. The van der Waals surface area contributed by atoms with Crippen molar-refractivity contribution in [3.8, 4) is 0 Å². The largest absolute Gasteiger partial charge is 0.422 e. The summed E-state index contributed by atoms with van der Waals surface area (Å²) in [5, 5.41) is 5.19. The average molecular weight is 296 g/mol. The lowest BCUT2D eigenvalue weighted by molar-refractivity contribution is 0.559. The van der Waals surface area contributed by atoms with Crippen LogP contribution in [0.3, 0.4) is 0 Å². The van der Waals surface area contributed by atoms with Crippen LogP contribution in [0.2, 0.25) is 5.02 Å². The predicted octanol–water partition coefficient (Wildman–Crippen LogP) is 2.00. The number of fused-ring (bicyclic) bond motifs is 1. The van der Waals surface area contributed by atoms with Crippen molar-refractivity contribution in [2.24, 2.45) is 10.8 Å². The van der Waals surface area contributed by atoms with Crippen molar-refractivity contribution in [2.75, 3.05) is 0 Å². The van der Waals surface area contributed by atoms with Gasteiger partial charge in [-0.3, -0.25) is 5.43 Å². The molecule has 0 saturated carbocycles. The third-order valence-electron chi connectivity index (χ3n) is 2.42. The highest BCUT2D eigenvalue weighted by Crippen LogP contribution is 2.18. The van der Waals surface area contributed by atoms with Crippen LogP contribution in [0.25, 0.3) is 11.0 Å². The lowest BCUT2D eigenvalue weighted by Crippen LogP contribution is -2.26. The zero-order valence-electron chi connectivity index (χ0n) is 9.94. The second-order valence-corrected chi connectivity index (χ2v) is 4.68. The molecule has 0 saturated heterocycles. The molecule has 0 fully saturated rings. The predicted molar refractivity (Wildman–Crippen MR) is 79.6 cm³/mol. The molecule has 2 aromatic rings. The lowest BCUT2D eigenvalue weighted by atomic mass is 10.1. The fraction of sp³-hybridized carbons (Fsp3) is 0.0833. The van der Waals surface area contributed by atoms with Gasteiger partial charge in [0.05, 0.1) is 11.3 Å². The first-order valence-electron chi connectivity index (χ1n) is 5.31. The Morgan fingerprint density at radius 3 is 2.89 bits per heavy atom. The minimum absolute atomic E-state index is 0.0209. The number of hydrogen-bond donors (Lipinski definition) is 2. The maximum Gasteiger partial charge on any atom is 0.345 e. The van der Waals surface area contributed by atoms with Gasteiger partial charge in [-0.15, -0.1) is 0 Å². The fourth-order valence-corrected chi connectivity index (χ4v) is 1.77. The molecule has 0 spiro atoms. The molecule has 0 aliphatic rings. The van der Waals surface area contributed by atoms with Crippen molar-refractivity contribution in [3.05, 3.63) is 45.3 Å².